The van der Waals surface area contributed by atoms with Crippen molar-refractivity contribution in [3.8, 4) is 5.88 Å². The van der Waals surface area contributed by atoms with Gasteiger partial charge in [-0.25, -0.2) is 4.98 Å². The normalized spacial score (nSPS) is 10.6. The van der Waals surface area contributed by atoms with Crippen LogP contribution in [0.5, 0.6) is 5.88 Å². The standard InChI is InChI=1S/C10H10BrN3O/c1-15-10-7-3-2-6(11)4-8(7)13-9(5-12)14-10/h2-4H,5,12H2,1H3. The smallest absolute Gasteiger partial charge is 0.224 e. The molecule has 1 heterocycles. The molecule has 0 atom stereocenters. The SMILES string of the molecule is COc1nc(CN)nc2cc(Br)ccc12. The summed E-state index contributed by atoms with van der Waals surface area (Å²) in [5, 5.41) is 0.887. The quantitative estimate of drug-likeness (QED) is 0.903. The molecule has 0 radical (unpaired) electrons. The number of fused-ring (bicyclic) bond motifs is 1. The van der Waals surface area contributed by atoms with Crippen molar-refractivity contribution >= 4 is 26.8 Å². The van der Waals surface area contributed by atoms with Crippen molar-refractivity contribution in [1.29, 1.82) is 0 Å². The van der Waals surface area contributed by atoms with Crippen LogP contribution in [0.3, 0.4) is 0 Å². The molecule has 2 aromatic rings. The summed E-state index contributed by atoms with van der Waals surface area (Å²) in [7, 11) is 1.59. The Labute approximate surface area is 95.6 Å². The Balaban J connectivity index is 2.74. The number of methoxy groups -OCH3 is 1. The summed E-state index contributed by atoms with van der Waals surface area (Å²) in [6.45, 7) is 0.304. The number of aromatic nitrogens is 2. The highest BCUT2D eigenvalue weighted by Crippen LogP contribution is 2.24. The lowest BCUT2D eigenvalue weighted by molar-refractivity contribution is 0.401. The van der Waals surface area contributed by atoms with Gasteiger partial charge in [0.15, 0.2) is 0 Å². The highest BCUT2D eigenvalue weighted by Gasteiger charge is 2.07. The van der Waals surface area contributed by atoms with Gasteiger partial charge < -0.3 is 10.5 Å². The second-order valence-electron chi connectivity index (χ2n) is 3.01. The van der Waals surface area contributed by atoms with E-state index >= 15 is 0 Å². The second kappa shape index (κ2) is 4.12. The average Bonchev–Trinajstić information content (AvgIpc) is 2.26. The van der Waals surface area contributed by atoms with Gasteiger partial charge in [-0.1, -0.05) is 15.9 Å². The van der Waals surface area contributed by atoms with E-state index in [9.17, 15) is 0 Å². The summed E-state index contributed by atoms with van der Waals surface area (Å²) >= 11 is 3.39. The molecule has 0 spiro atoms. The molecule has 0 aliphatic heterocycles. The summed E-state index contributed by atoms with van der Waals surface area (Å²) in [4.78, 5) is 8.51. The molecule has 78 valence electrons. The zero-order valence-electron chi connectivity index (χ0n) is 8.20. The van der Waals surface area contributed by atoms with Crippen LogP contribution in [0.25, 0.3) is 10.9 Å². The van der Waals surface area contributed by atoms with Gasteiger partial charge in [0.1, 0.15) is 5.82 Å². The first-order chi connectivity index (χ1) is 7.24. The molecular formula is C10H10BrN3O. The lowest BCUT2D eigenvalue weighted by Gasteiger charge is -2.06. The molecule has 1 aromatic carbocycles. The lowest BCUT2D eigenvalue weighted by atomic mass is 10.2. The van der Waals surface area contributed by atoms with Crippen LogP contribution in [-0.4, -0.2) is 17.1 Å². The minimum Gasteiger partial charge on any atom is -0.480 e. The monoisotopic (exact) mass is 267 g/mol. The Morgan fingerprint density at radius 3 is 2.87 bits per heavy atom. The minimum atomic E-state index is 0.304. The average molecular weight is 268 g/mol. The minimum absolute atomic E-state index is 0.304. The van der Waals surface area contributed by atoms with Gasteiger partial charge in [0, 0.05) is 4.47 Å². The predicted molar refractivity (Wildman–Crippen MR) is 61.7 cm³/mol. The Morgan fingerprint density at radius 1 is 1.40 bits per heavy atom. The molecule has 0 aliphatic carbocycles. The van der Waals surface area contributed by atoms with E-state index in [4.69, 9.17) is 10.5 Å². The summed E-state index contributed by atoms with van der Waals surface area (Å²) < 4.78 is 6.16. The van der Waals surface area contributed by atoms with Crippen molar-refractivity contribution < 1.29 is 4.74 Å². The summed E-state index contributed by atoms with van der Waals surface area (Å²) in [5.41, 5.74) is 6.34. The van der Waals surface area contributed by atoms with Crippen LogP contribution in [0.1, 0.15) is 5.82 Å². The fourth-order valence-electron chi connectivity index (χ4n) is 1.37. The Bertz CT molecular complexity index is 501. The van der Waals surface area contributed by atoms with Gasteiger partial charge in [-0.05, 0) is 18.2 Å². The van der Waals surface area contributed by atoms with Crippen LogP contribution in [0.15, 0.2) is 22.7 Å². The number of hydrogen-bond acceptors (Lipinski definition) is 4. The third-order valence-electron chi connectivity index (χ3n) is 2.05. The first-order valence-electron chi connectivity index (χ1n) is 4.45. The summed E-state index contributed by atoms with van der Waals surface area (Å²) in [5.74, 6) is 1.14. The van der Waals surface area contributed by atoms with Gasteiger partial charge in [0.25, 0.3) is 0 Å². The second-order valence-corrected chi connectivity index (χ2v) is 3.93. The van der Waals surface area contributed by atoms with Gasteiger partial charge in [-0.3, -0.25) is 0 Å². The van der Waals surface area contributed by atoms with Crippen LogP contribution < -0.4 is 10.5 Å². The van der Waals surface area contributed by atoms with Crippen molar-refractivity contribution in [3.63, 3.8) is 0 Å². The molecule has 0 aliphatic rings. The number of rotatable bonds is 2. The lowest BCUT2D eigenvalue weighted by Crippen LogP contribution is -2.04. The molecule has 0 fully saturated rings. The molecular weight excluding hydrogens is 258 g/mol. The van der Waals surface area contributed by atoms with Gasteiger partial charge >= 0.3 is 0 Å². The molecule has 15 heavy (non-hydrogen) atoms. The van der Waals surface area contributed by atoms with Crippen LogP contribution in [-0.2, 0) is 6.54 Å². The molecule has 5 heteroatoms. The van der Waals surface area contributed by atoms with E-state index in [0.29, 0.717) is 18.2 Å². The predicted octanol–water partition coefficient (Wildman–Crippen LogP) is 1.86. The zero-order chi connectivity index (χ0) is 10.8. The fraction of sp³-hybridized carbons (Fsp3) is 0.200. The maximum atomic E-state index is 5.51. The highest BCUT2D eigenvalue weighted by atomic mass is 79.9. The Morgan fingerprint density at radius 2 is 2.20 bits per heavy atom. The number of nitrogens with two attached hydrogens (primary N) is 1. The van der Waals surface area contributed by atoms with Gasteiger partial charge in [-0.2, -0.15) is 4.98 Å². The van der Waals surface area contributed by atoms with Gasteiger partial charge in [0.05, 0.1) is 24.6 Å². The topological polar surface area (TPSA) is 61.0 Å². The maximum Gasteiger partial charge on any atom is 0.224 e. The molecule has 1 aromatic heterocycles. The largest absolute Gasteiger partial charge is 0.480 e. The number of benzene rings is 1. The summed E-state index contributed by atoms with van der Waals surface area (Å²) in [6, 6.07) is 5.76. The van der Waals surface area contributed by atoms with Crippen molar-refractivity contribution in [2.45, 2.75) is 6.54 Å². The highest BCUT2D eigenvalue weighted by molar-refractivity contribution is 9.10. The van der Waals surface area contributed by atoms with E-state index in [1.165, 1.54) is 0 Å². The molecule has 0 saturated carbocycles. The van der Waals surface area contributed by atoms with Crippen molar-refractivity contribution in [3.05, 3.63) is 28.5 Å². The van der Waals surface area contributed by atoms with Crippen molar-refractivity contribution in [2.24, 2.45) is 5.73 Å². The number of halogens is 1. The molecule has 4 nitrogen and oxygen atoms in total. The molecule has 2 N–H and O–H groups in total. The number of ether oxygens (including phenoxy) is 1. The molecule has 0 saturated heterocycles. The first kappa shape index (κ1) is 10.3. The molecule has 0 amide bonds. The van der Waals surface area contributed by atoms with E-state index in [2.05, 4.69) is 25.9 Å². The van der Waals surface area contributed by atoms with Crippen LogP contribution in [0, 0.1) is 0 Å². The summed E-state index contributed by atoms with van der Waals surface area (Å²) in [6.07, 6.45) is 0. The Kier molecular flexibility index (Phi) is 2.83. The van der Waals surface area contributed by atoms with Crippen LogP contribution in [0.2, 0.25) is 0 Å². The van der Waals surface area contributed by atoms with E-state index in [-0.39, 0.29) is 0 Å². The maximum absolute atomic E-state index is 5.51. The zero-order valence-corrected chi connectivity index (χ0v) is 9.78. The van der Waals surface area contributed by atoms with Crippen molar-refractivity contribution in [2.75, 3.05) is 7.11 Å². The molecule has 0 unspecified atom stereocenters. The fourth-order valence-corrected chi connectivity index (χ4v) is 1.72. The first-order valence-corrected chi connectivity index (χ1v) is 5.24. The molecule has 2 rings (SSSR count). The van der Waals surface area contributed by atoms with Crippen LogP contribution >= 0.6 is 15.9 Å². The van der Waals surface area contributed by atoms with E-state index < -0.39 is 0 Å². The van der Waals surface area contributed by atoms with Gasteiger partial charge in [0.2, 0.25) is 5.88 Å². The number of nitrogens with zero attached hydrogens (tertiary/aromatic N) is 2. The van der Waals surface area contributed by atoms with Crippen LogP contribution in [0.4, 0.5) is 0 Å². The van der Waals surface area contributed by atoms with E-state index in [1.54, 1.807) is 7.11 Å². The van der Waals surface area contributed by atoms with E-state index in [0.717, 1.165) is 15.4 Å². The third-order valence-corrected chi connectivity index (χ3v) is 2.54. The Hall–Kier alpha value is -1.20. The van der Waals surface area contributed by atoms with Crippen molar-refractivity contribution in [1.82, 2.24) is 9.97 Å². The third kappa shape index (κ3) is 1.93. The van der Waals surface area contributed by atoms with Gasteiger partial charge in [-0.15, -0.1) is 0 Å². The van der Waals surface area contributed by atoms with E-state index in [1.807, 2.05) is 18.2 Å². The number of hydrogen-bond donors (Lipinski definition) is 1. The molecule has 0 bridgehead atoms.